The number of H-pyrrole nitrogens is 1. The number of hydrogen-bond acceptors (Lipinski definition) is 4. The van der Waals surface area contributed by atoms with E-state index in [1.54, 1.807) is 25.1 Å². The van der Waals surface area contributed by atoms with Crippen molar-refractivity contribution in [2.45, 2.75) is 20.3 Å². The van der Waals surface area contributed by atoms with Crippen LogP contribution in [0, 0.1) is 6.92 Å². The highest BCUT2D eigenvalue weighted by molar-refractivity contribution is 9.10. The van der Waals surface area contributed by atoms with Crippen molar-refractivity contribution in [1.82, 2.24) is 9.78 Å². The van der Waals surface area contributed by atoms with Gasteiger partial charge in [0.2, 0.25) is 0 Å². The molecule has 2 aromatic carbocycles. The highest BCUT2D eigenvalue weighted by Gasteiger charge is 2.13. The number of aromatic nitrogens is 2. The number of carbonyl (C=O) groups excluding carboxylic acids is 1. The molecule has 0 saturated heterocycles. The molecule has 0 atom stereocenters. The second-order valence-corrected chi connectivity index (χ2v) is 7.65. The summed E-state index contributed by atoms with van der Waals surface area (Å²) in [6.45, 7) is 4.03. The van der Waals surface area contributed by atoms with Crippen molar-refractivity contribution in [2.75, 3.05) is 6.61 Å². The van der Waals surface area contributed by atoms with Crippen LogP contribution in [-0.4, -0.2) is 28.6 Å². The Morgan fingerprint density at radius 1 is 1.28 bits per heavy atom. The van der Waals surface area contributed by atoms with E-state index >= 15 is 0 Å². The highest BCUT2D eigenvalue weighted by Crippen LogP contribution is 2.23. The predicted molar refractivity (Wildman–Crippen MR) is 118 cm³/mol. The molecule has 3 aromatic rings. The summed E-state index contributed by atoms with van der Waals surface area (Å²) < 4.78 is 7.52. The maximum absolute atomic E-state index is 12.8. The molecule has 8 heteroatoms. The molecule has 0 bridgehead atoms. The zero-order chi connectivity index (χ0) is 21.0. The third-order valence-corrected chi connectivity index (χ3v) is 5.01. The molecule has 150 valence electrons. The molecule has 1 aromatic heterocycles. The molecule has 0 aliphatic rings. The summed E-state index contributed by atoms with van der Waals surface area (Å²) in [5.41, 5.74) is 2.34. The minimum Gasteiger partial charge on any atom is -0.462 e. The van der Waals surface area contributed by atoms with E-state index < -0.39 is 5.97 Å². The van der Waals surface area contributed by atoms with Gasteiger partial charge in [-0.2, -0.15) is 0 Å². The Balaban J connectivity index is 1.90. The molecule has 0 saturated carbocycles. The molecule has 0 aliphatic carbocycles. The van der Waals surface area contributed by atoms with Crippen LogP contribution in [0.1, 0.15) is 35.0 Å². The van der Waals surface area contributed by atoms with E-state index in [1.807, 2.05) is 31.2 Å². The largest absolute Gasteiger partial charge is 0.462 e. The monoisotopic (exact) mass is 475 g/mol. The summed E-state index contributed by atoms with van der Waals surface area (Å²) in [4.78, 5) is 29.3. The molecule has 3 rings (SSSR count). The highest BCUT2D eigenvalue weighted by atomic mass is 79.9. The maximum atomic E-state index is 12.8. The van der Waals surface area contributed by atoms with Gasteiger partial charge in [-0.1, -0.05) is 34.5 Å². The molecular weight excluding hydrogens is 458 g/mol. The molecule has 0 unspecified atom stereocenters. The number of rotatable bonds is 6. The fraction of sp³-hybridized carbons (Fsp3) is 0.190. The van der Waals surface area contributed by atoms with E-state index in [9.17, 15) is 9.59 Å². The summed E-state index contributed by atoms with van der Waals surface area (Å²) in [6.07, 6.45) is 2.20. The van der Waals surface area contributed by atoms with Gasteiger partial charge in [-0.25, -0.2) is 9.48 Å². The molecule has 6 nitrogen and oxygen atoms in total. The van der Waals surface area contributed by atoms with E-state index in [-0.39, 0.29) is 11.1 Å². The zero-order valence-electron chi connectivity index (χ0n) is 15.9. The third-order valence-electron chi connectivity index (χ3n) is 4.15. The molecule has 0 spiro atoms. The van der Waals surface area contributed by atoms with Gasteiger partial charge in [0, 0.05) is 16.4 Å². The van der Waals surface area contributed by atoms with Gasteiger partial charge in [0.05, 0.1) is 34.1 Å². The lowest BCUT2D eigenvalue weighted by atomic mass is 10.2. The van der Waals surface area contributed by atoms with Crippen LogP contribution in [0.4, 0.5) is 5.69 Å². The number of aliphatic imine (C=N–C) groups is 1. The lowest BCUT2D eigenvalue weighted by molar-refractivity contribution is 0.0505. The Morgan fingerprint density at radius 3 is 2.69 bits per heavy atom. The predicted octanol–water partition coefficient (Wildman–Crippen LogP) is 5.21. The molecule has 0 amide bonds. The van der Waals surface area contributed by atoms with Crippen LogP contribution in [0.2, 0.25) is 5.02 Å². The van der Waals surface area contributed by atoms with Crippen molar-refractivity contribution >= 4 is 45.4 Å². The van der Waals surface area contributed by atoms with Crippen molar-refractivity contribution < 1.29 is 9.53 Å². The molecule has 29 heavy (non-hydrogen) atoms. The molecule has 0 aliphatic heterocycles. The molecule has 1 heterocycles. The Morgan fingerprint density at radius 2 is 2.00 bits per heavy atom. The Hall–Kier alpha value is -2.64. The Kier molecular flexibility index (Phi) is 6.71. The van der Waals surface area contributed by atoms with Crippen molar-refractivity contribution in [3.63, 3.8) is 0 Å². The third kappa shape index (κ3) is 4.86. The van der Waals surface area contributed by atoms with Gasteiger partial charge in [-0.05, 0) is 55.8 Å². The van der Waals surface area contributed by atoms with Gasteiger partial charge in [0.15, 0.2) is 0 Å². The van der Waals surface area contributed by atoms with Gasteiger partial charge in [0.1, 0.15) is 0 Å². The number of nitrogens with zero attached hydrogens (tertiary/aromatic N) is 2. The van der Waals surface area contributed by atoms with Gasteiger partial charge < -0.3 is 4.74 Å². The first-order valence-corrected chi connectivity index (χ1v) is 10.2. The fourth-order valence-corrected chi connectivity index (χ4v) is 3.10. The van der Waals surface area contributed by atoms with Crippen molar-refractivity contribution in [3.8, 4) is 5.69 Å². The summed E-state index contributed by atoms with van der Waals surface area (Å²) in [7, 11) is 0. The number of carbonyl (C=O) groups is 1. The first-order valence-electron chi connectivity index (χ1n) is 8.99. The first-order chi connectivity index (χ1) is 13.9. The summed E-state index contributed by atoms with van der Waals surface area (Å²) in [5.74, 6) is -0.496. The second-order valence-electron chi connectivity index (χ2n) is 6.33. The van der Waals surface area contributed by atoms with Crippen LogP contribution in [0.25, 0.3) is 5.69 Å². The number of ether oxygens (including phenoxy) is 1. The summed E-state index contributed by atoms with van der Waals surface area (Å²) in [6, 6.07) is 12.2. The fourth-order valence-electron chi connectivity index (χ4n) is 2.65. The topological polar surface area (TPSA) is 76.4 Å². The first kappa shape index (κ1) is 21.1. The van der Waals surface area contributed by atoms with Gasteiger partial charge >= 0.3 is 5.97 Å². The van der Waals surface area contributed by atoms with E-state index in [0.29, 0.717) is 34.3 Å². The standard InChI is InChI=1S/C21H19BrClN3O3/c1-3-10-29-21(28)17-11-15(6-9-19(17)23)24-12-18-13(2)25-26(20(18)27)16-7-4-14(22)5-8-16/h4-9,11-12,25H,3,10H2,1-2H3. The van der Waals surface area contributed by atoms with Crippen LogP contribution in [0.15, 0.2) is 56.7 Å². The maximum Gasteiger partial charge on any atom is 0.339 e. The number of aromatic amines is 1. The molecule has 1 N–H and O–H groups in total. The average molecular weight is 477 g/mol. The van der Waals surface area contributed by atoms with Gasteiger partial charge in [-0.15, -0.1) is 0 Å². The average Bonchev–Trinajstić information content (AvgIpc) is 2.99. The SMILES string of the molecule is CCCOC(=O)c1cc(N=Cc2c(C)[nH]n(-c3ccc(Br)cc3)c2=O)ccc1Cl. The minimum absolute atomic E-state index is 0.217. The number of aryl methyl sites for hydroxylation is 1. The number of nitrogens with one attached hydrogen (secondary N) is 1. The second kappa shape index (κ2) is 9.24. The Labute approximate surface area is 181 Å². The molecular formula is C21H19BrClN3O3. The van der Waals surface area contributed by atoms with Crippen LogP contribution >= 0.6 is 27.5 Å². The smallest absolute Gasteiger partial charge is 0.339 e. The molecule has 0 fully saturated rings. The van der Waals surface area contributed by atoms with E-state index in [0.717, 1.165) is 10.9 Å². The van der Waals surface area contributed by atoms with E-state index in [2.05, 4.69) is 26.0 Å². The normalized spacial score (nSPS) is 11.2. The number of hydrogen-bond donors (Lipinski definition) is 1. The lowest BCUT2D eigenvalue weighted by Crippen LogP contribution is -2.17. The zero-order valence-corrected chi connectivity index (χ0v) is 18.3. The number of esters is 1. The minimum atomic E-state index is -0.496. The van der Waals surface area contributed by atoms with Crippen LogP contribution < -0.4 is 5.56 Å². The van der Waals surface area contributed by atoms with Crippen molar-refractivity contribution in [3.05, 3.63) is 79.1 Å². The van der Waals surface area contributed by atoms with Crippen LogP contribution in [-0.2, 0) is 4.74 Å². The van der Waals surface area contributed by atoms with E-state index in [1.165, 1.54) is 10.9 Å². The van der Waals surface area contributed by atoms with Crippen LogP contribution in [0.3, 0.4) is 0 Å². The quantitative estimate of drug-likeness (QED) is 0.392. The number of benzene rings is 2. The Bertz CT molecular complexity index is 1120. The lowest BCUT2D eigenvalue weighted by Gasteiger charge is -2.05. The van der Waals surface area contributed by atoms with Gasteiger partial charge in [-0.3, -0.25) is 14.9 Å². The van der Waals surface area contributed by atoms with E-state index in [4.69, 9.17) is 16.3 Å². The number of halogens is 2. The summed E-state index contributed by atoms with van der Waals surface area (Å²) >= 11 is 9.49. The van der Waals surface area contributed by atoms with Gasteiger partial charge in [0.25, 0.3) is 5.56 Å². The van der Waals surface area contributed by atoms with Crippen molar-refractivity contribution in [1.29, 1.82) is 0 Å². The van der Waals surface area contributed by atoms with Crippen LogP contribution in [0.5, 0.6) is 0 Å². The van der Waals surface area contributed by atoms with Crippen molar-refractivity contribution in [2.24, 2.45) is 4.99 Å². The molecule has 0 radical (unpaired) electrons. The summed E-state index contributed by atoms with van der Waals surface area (Å²) in [5, 5.41) is 3.34.